The summed E-state index contributed by atoms with van der Waals surface area (Å²) in [5, 5.41) is 19.2. The Labute approximate surface area is 176 Å². The van der Waals surface area contributed by atoms with Crippen molar-refractivity contribution in [2.45, 2.75) is 13.8 Å². The van der Waals surface area contributed by atoms with E-state index in [2.05, 4.69) is 25.4 Å². The van der Waals surface area contributed by atoms with E-state index >= 15 is 0 Å². The van der Waals surface area contributed by atoms with Crippen LogP contribution in [-0.4, -0.2) is 43.1 Å². The molecule has 0 bridgehead atoms. The number of aromatic nitrogens is 5. The van der Waals surface area contributed by atoms with Gasteiger partial charge < -0.3 is 14.8 Å². The van der Waals surface area contributed by atoms with Crippen LogP contribution in [0.5, 0.6) is 5.75 Å². The summed E-state index contributed by atoms with van der Waals surface area (Å²) in [7, 11) is 0. The van der Waals surface area contributed by atoms with Gasteiger partial charge in [-0.05, 0) is 54.8 Å². The lowest BCUT2D eigenvalue weighted by Gasteiger charge is -2.12. The molecule has 0 atom stereocenters. The fourth-order valence-corrected chi connectivity index (χ4v) is 3.18. The Balaban J connectivity index is 1.78. The maximum Gasteiger partial charge on any atom is 0.331 e. The van der Waals surface area contributed by atoms with Crippen molar-refractivity contribution >= 4 is 23.2 Å². The molecule has 0 amide bonds. The fraction of sp³-hybridized carbons (Fsp3) is 0.136. The highest BCUT2D eigenvalue weighted by Crippen LogP contribution is 2.33. The molecule has 9 heteroatoms. The number of nitrogens with zero attached hydrogens (tertiary/aromatic N) is 3. The number of nitrogens with one attached hydrogen (secondary N) is 2. The molecule has 4 aromatic rings. The Bertz CT molecular complexity index is 1370. The number of carboxylic acid groups (broad SMARTS) is 1. The molecule has 2 aromatic heterocycles. The van der Waals surface area contributed by atoms with Gasteiger partial charge in [-0.2, -0.15) is 5.21 Å². The van der Waals surface area contributed by atoms with Crippen molar-refractivity contribution in [3.05, 3.63) is 64.0 Å². The first kappa shape index (κ1) is 20.0. The van der Waals surface area contributed by atoms with E-state index in [-0.39, 0.29) is 16.7 Å². The second-order valence-electron chi connectivity index (χ2n) is 6.81. The quantitative estimate of drug-likeness (QED) is 0.410. The molecule has 9 nitrogen and oxygen atoms in total. The smallest absolute Gasteiger partial charge is 0.331 e. The molecule has 0 aliphatic heterocycles. The van der Waals surface area contributed by atoms with Gasteiger partial charge >= 0.3 is 5.97 Å². The van der Waals surface area contributed by atoms with Crippen LogP contribution < -0.4 is 10.3 Å². The monoisotopic (exact) mass is 417 g/mol. The minimum absolute atomic E-state index is 0.139. The molecule has 0 aliphatic carbocycles. The number of aromatic amines is 2. The van der Waals surface area contributed by atoms with Crippen molar-refractivity contribution in [2.24, 2.45) is 0 Å². The molecule has 0 saturated heterocycles. The number of benzene rings is 2. The van der Waals surface area contributed by atoms with Crippen LogP contribution in [0.15, 0.2) is 52.8 Å². The summed E-state index contributed by atoms with van der Waals surface area (Å²) >= 11 is 0. The average molecular weight is 417 g/mol. The minimum Gasteiger partial charge on any atom is -0.493 e. The molecule has 156 valence electrons. The topological polar surface area (TPSA) is 134 Å². The summed E-state index contributed by atoms with van der Waals surface area (Å²) in [6.07, 6.45) is 1.62. The first-order valence-electron chi connectivity index (χ1n) is 9.56. The molecular formula is C22H19N5O4. The SMILES string of the molecule is CCOc1cc(-c2cccc(/C=C(\C)C(=O)O)c2)ccc1-c1nc2n[nH]nc2c(=O)[nH]1. The van der Waals surface area contributed by atoms with Crippen LogP contribution in [0.2, 0.25) is 0 Å². The predicted molar refractivity (Wildman–Crippen MR) is 116 cm³/mol. The van der Waals surface area contributed by atoms with E-state index < -0.39 is 11.5 Å². The Morgan fingerprint density at radius 1 is 1.16 bits per heavy atom. The summed E-state index contributed by atoms with van der Waals surface area (Å²) in [4.78, 5) is 30.5. The molecule has 3 N–H and O–H groups in total. The van der Waals surface area contributed by atoms with Crippen molar-refractivity contribution in [1.29, 1.82) is 0 Å². The zero-order valence-corrected chi connectivity index (χ0v) is 16.8. The van der Waals surface area contributed by atoms with Crippen LogP contribution in [0.1, 0.15) is 19.4 Å². The maximum absolute atomic E-state index is 12.3. The highest BCUT2D eigenvalue weighted by Gasteiger charge is 2.14. The van der Waals surface area contributed by atoms with Crippen LogP contribution >= 0.6 is 0 Å². The van der Waals surface area contributed by atoms with Crippen molar-refractivity contribution < 1.29 is 14.6 Å². The number of H-pyrrole nitrogens is 2. The van der Waals surface area contributed by atoms with Crippen molar-refractivity contribution in [3.63, 3.8) is 0 Å². The lowest BCUT2D eigenvalue weighted by molar-refractivity contribution is -0.132. The van der Waals surface area contributed by atoms with Gasteiger partial charge in [-0.3, -0.25) is 4.79 Å². The van der Waals surface area contributed by atoms with E-state index in [0.29, 0.717) is 23.7 Å². The van der Waals surface area contributed by atoms with E-state index in [4.69, 9.17) is 9.84 Å². The van der Waals surface area contributed by atoms with Crippen LogP contribution in [-0.2, 0) is 4.79 Å². The Hall–Kier alpha value is -4.27. The molecule has 0 aliphatic rings. The number of carboxylic acids is 1. The van der Waals surface area contributed by atoms with Gasteiger partial charge in [-0.25, -0.2) is 9.78 Å². The van der Waals surface area contributed by atoms with Gasteiger partial charge in [0.15, 0.2) is 5.52 Å². The van der Waals surface area contributed by atoms with Gasteiger partial charge in [-0.15, -0.1) is 10.2 Å². The van der Waals surface area contributed by atoms with E-state index in [0.717, 1.165) is 16.7 Å². The van der Waals surface area contributed by atoms with Crippen LogP contribution in [0.3, 0.4) is 0 Å². The molecule has 0 unspecified atom stereocenters. The standard InChI is InChI=1S/C22H19N5O4/c1-3-31-17-11-15(14-6-4-5-13(10-14)9-12(2)22(29)30)7-8-16(17)19-23-20-18(21(28)24-19)25-27-26-20/h4-11H,3H2,1-2H3,(H,29,30)(H2,23,24,25,26,27,28)/b12-9+. The van der Waals surface area contributed by atoms with Crippen LogP contribution in [0, 0.1) is 0 Å². The summed E-state index contributed by atoms with van der Waals surface area (Å²) in [5.41, 5.74) is 3.38. The van der Waals surface area contributed by atoms with Gasteiger partial charge in [0.25, 0.3) is 5.56 Å². The highest BCUT2D eigenvalue weighted by atomic mass is 16.5. The summed E-state index contributed by atoms with van der Waals surface area (Å²) in [5.74, 6) is -0.0808. The number of carbonyl (C=O) groups is 1. The van der Waals surface area contributed by atoms with Crippen molar-refractivity contribution in [3.8, 4) is 28.3 Å². The number of ether oxygens (including phenoxy) is 1. The van der Waals surface area contributed by atoms with Crippen LogP contribution in [0.25, 0.3) is 39.8 Å². The number of fused-ring (bicyclic) bond motifs is 1. The van der Waals surface area contributed by atoms with E-state index in [1.54, 1.807) is 13.0 Å². The normalized spacial score (nSPS) is 11.6. The van der Waals surface area contributed by atoms with Crippen molar-refractivity contribution in [1.82, 2.24) is 25.4 Å². The van der Waals surface area contributed by atoms with Gasteiger partial charge in [0, 0.05) is 5.57 Å². The second kappa shape index (κ2) is 8.23. The molecule has 0 saturated carbocycles. The molecule has 0 radical (unpaired) electrons. The van der Waals surface area contributed by atoms with Gasteiger partial charge in [0.2, 0.25) is 5.65 Å². The Morgan fingerprint density at radius 3 is 2.74 bits per heavy atom. The van der Waals surface area contributed by atoms with Crippen molar-refractivity contribution in [2.75, 3.05) is 6.61 Å². The van der Waals surface area contributed by atoms with Gasteiger partial charge in [0.05, 0.1) is 12.2 Å². The zero-order chi connectivity index (χ0) is 22.0. The summed E-state index contributed by atoms with van der Waals surface area (Å²) < 4.78 is 5.82. The summed E-state index contributed by atoms with van der Waals surface area (Å²) in [6.45, 7) is 3.84. The van der Waals surface area contributed by atoms with E-state index in [1.165, 1.54) is 0 Å². The lowest BCUT2D eigenvalue weighted by atomic mass is 10.00. The minimum atomic E-state index is -0.959. The van der Waals surface area contributed by atoms with E-state index in [1.807, 2.05) is 49.4 Å². The Kier molecular flexibility index (Phi) is 5.31. The maximum atomic E-state index is 12.3. The second-order valence-corrected chi connectivity index (χ2v) is 6.81. The third-order valence-electron chi connectivity index (χ3n) is 4.67. The number of rotatable bonds is 6. The van der Waals surface area contributed by atoms with Gasteiger partial charge in [-0.1, -0.05) is 24.3 Å². The van der Waals surface area contributed by atoms with Crippen LogP contribution in [0.4, 0.5) is 0 Å². The number of aliphatic carboxylic acids is 1. The molecule has 4 rings (SSSR count). The first-order chi connectivity index (χ1) is 15.0. The molecule has 0 fully saturated rings. The fourth-order valence-electron chi connectivity index (χ4n) is 3.18. The van der Waals surface area contributed by atoms with Gasteiger partial charge in [0.1, 0.15) is 11.6 Å². The average Bonchev–Trinajstić information content (AvgIpc) is 3.23. The number of hydrogen-bond donors (Lipinski definition) is 3. The molecule has 0 spiro atoms. The number of hydrogen-bond acceptors (Lipinski definition) is 6. The third-order valence-corrected chi connectivity index (χ3v) is 4.67. The molecule has 2 heterocycles. The Morgan fingerprint density at radius 2 is 1.97 bits per heavy atom. The molecule has 2 aromatic carbocycles. The first-order valence-corrected chi connectivity index (χ1v) is 9.56. The molecular weight excluding hydrogens is 398 g/mol. The van der Waals surface area contributed by atoms with E-state index in [9.17, 15) is 9.59 Å². The highest BCUT2D eigenvalue weighted by molar-refractivity contribution is 5.91. The molecule has 31 heavy (non-hydrogen) atoms. The third kappa shape index (κ3) is 4.06. The largest absolute Gasteiger partial charge is 0.493 e. The predicted octanol–water partition coefficient (Wildman–Crippen LogP) is 3.26. The lowest BCUT2D eigenvalue weighted by Crippen LogP contribution is -2.10. The summed E-state index contributed by atoms with van der Waals surface area (Å²) in [6, 6.07) is 13.1. The zero-order valence-electron chi connectivity index (χ0n) is 16.8.